The lowest BCUT2D eigenvalue weighted by atomic mass is 10.2. The first kappa shape index (κ1) is 23.1. The smallest absolute Gasteiger partial charge is 0.317 e. The lowest BCUT2D eigenvalue weighted by Gasteiger charge is -2.26. The molecule has 0 unspecified atom stereocenters. The van der Waals surface area contributed by atoms with Gasteiger partial charge < -0.3 is 19.7 Å². The lowest BCUT2D eigenvalue weighted by Crippen LogP contribution is -2.43. The van der Waals surface area contributed by atoms with Crippen LogP contribution in [0.1, 0.15) is 31.0 Å². The second-order valence-corrected chi connectivity index (χ2v) is 8.46. The van der Waals surface area contributed by atoms with E-state index in [1.54, 1.807) is 21.7 Å². The first-order chi connectivity index (χ1) is 16.0. The van der Waals surface area contributed by atoms with Crippen molar-refractivity contribution in [1.29, 1.82) is 0 Å². The van der Waals surface area contributed by atoms with Crippen LogP contribution < -0.4 is 10.1 Å². The monoisotopic (exact) mass is 468 g/mol. The number of nitrogens with one attached hydrogen (secondary N) is 1. The van der Waals surface area contributed by atoms with E-state index in [0.29, 0.717) is 36.3 Å². The molecular weight excluding hydrogens is 440 g/mol. The Kier molecular flexibility index (Phi) is 7.52. The topological polar surface area (TPSA) is 68.6 Å². The third-order valence-electron chi connectivity index (χ3n) is 5.58. The zero-order valence-corrected chi connectivity index (χ0v) is 19.7. The van der Waals surface area contributed by atoms with E-state index in [1.165, 1.54) is 0 Å². The van der Waals surface area contributed by atoms with Crippen LogP contribution in [-0.4, -0.2) is 46.5 Å². The zero-order chi connectivity index (χ0) is 23.2. The molecule has 33 heavy (non-hydrogen) atoms. The highest BCUT2D eigenvalue weighted by atomic mass is 35.5. The fraction of sp³-hybridized carbons (Fsp3) is 0.360. The van der Waals surface area contributed by atoms with Gasteiger partial charge in [0.15, 0.2) is 0 Å². The number of hydrogen-bond donors (Lipinski definition) is 1. The maximum atomic E-state index is 12.9. The molecule has 174 valence electrons. The van der Waals surface area contributed by atoms with Crippen molar-refractivity contribution in [3.63, 3.8) is 0 Å². The molecular formula is C25H29ClN4O3. The molecule has 7 nitrogen and oxygen atoms in total. The van der Waals surface area contributed by atoms with Crippen LogP contribution >= 0.6 is 11.6 Å². The molecule has 1 atom stereocenters. The van der Waals surface area contributed by atoms with E-state index in [9.17, 15) is 4.79 Å². The number of para-hydroxylation sites is 1. The van der Waals surface area contributed by atoms with E-state index in [0.717, 1.165) is 36.4 Å². The molecule has 4 rings (SSSR count). The lowest BCUT2D eigenvalue weighted by molar-refractivity contribution is 0.0793. The molecule has 1 N–H and O–H groups in total. The summed E-state index contributed by atoms with van der Waals surface area (Å²) in [6.07, 6.45) is 2.01. The SMILES string of the molecule is CCNC(=O)N(Cc1c(C)nn(-c2ccccc2)c1Oc1ccc(Cl)cc1)C[C@@H]1CCCO1. The van der Waals surface area contributed by atoms with Crippen LogP contribution in [0.25, 0.3) is 5.69 Å². The van der Waals surface area contributed by atoms with Crippen molar-refractivity contribution in [3.8, 4) is 17.3 Å². The average Bonchev–Trinajstić information content (AvgIpc) is 3.44. The first-order valence-corrected chi connectivity index (χ1v) is 11.6. The number of carbonyl (C=O) groups excluding carboxylic acids is 1. The largest absolute Gasteiger partial charge is 0.439 e. The van der Waals surface area contributed by atoms with Crippen LogP contribution in [0, 0.1) is 6.92 Å². The normalized spacial score (nSPS) is 15.4. The van der Waals surface area contributed by atoms with Crippen molar-refractivity contribution in [2.75, 3.05) is 19.7 Å². The Morgan fingerprint density at radius 1 is 1.24 bits per heavy atom. The van der Waals surface area contributed by atoms with Gasteiger partial charge in [0.2, 0.25) is 5.88 Å². The number of ether oxygens (including phenoxy) is 2. The number of aryl methyl sites for hydroxylation is 1. The Balaban J connectivity index is 1.71. The Morgan fingerprint density at radius 2 is 2.00 bits per heavy atom. The van der Waals surface area contributed by atoms with Gasteiger partial charge in [-0.1, -0.05) is 29.8 Å². The van der Waals surface area contributed by atoms with E-state index in [2.05, 4.69) is 5.32 Å². The molecule has 2 amide bonds. The molecule has 1 saturated heterocycles. The number of hydrogen-bond acceptors (Lipinski definition) is 4. The summed E-state index contributed by atoms with van der Waals surface area (Å²) in [6.45, 7) is 6.01. The highest BCUT2D eigenvalue weighted by Gasteiger charge is 2.27. The summed E-state index contributed by atoms with van der Waals surface area (Å²) in [5, 5.41) is 8.32. The molecule has 0 radical (unpaired) electrons. The van der Waals surface area contributed by atoms with E-state index in [1.807, 2.05) is 56.3 Å². The minimum absolute atomic E-state index is 0.0396. The van der Waals surface area contributed by atoms with Crippen molar-refractivity contribution in [2.24, 2.45) is 0 Å². The predicted molar refractivity (Wildman–Crippen MR) is 128 cm³/mol. The molecule has 1 fully saturated rings. The molecule has 3 aromatic rings. The Labute approximate surface area is 199 Å². The van der Waals surface area contributed by atoms with E-state index < -0.39 is 0 Å². The number of carbonyl (C=O) groups is 1. The van der Waals surface area contributed by atoms with Crippen LogP contribution in [0.4, 0.5) is 4.79 Å². The van der Waals surface area contributed by atoms with Crippen molar-refractivity contribution in [3.05, 3.63) is 70.9 Å². The van der Waals surface area contributed by atoms with E-state index in [-0.39, 0.29) is 12.1 Å². The quantitative estimate of drug-likeness (QED) is 0.484. The number of aromatic nitrogens is 2. The van der Waals surface area contributed by atoms with Gasteiger partial charge in [0.1, 0.15) is 5.75 Å². The molecule has 1 aliphatic rings. The highest BCUT2D eigenvalue weighted by Crippen LogP contribution is 2.32. The summed E-state index contributed by atoms with van der Waals surface area (Å²) in [4.78, 5) is 14.7. The summed E-state index contributed by atoms with van der Waals surface area (Å²) in [7, 11) is 0. The third kappa shape index (κ3) is 5.67. The van der Waals surface area contributed by atoms with Gasteiger partial charge in [-0.05, 0) is 63.1 Å². The molecule has 2 aromatic carbocycles. The van der Waals surface area contributed by atoms with Gasteiger partial charge in [0.25, 0.3) is 0 Å². The molecule has 0 saturated carbocycles. The first-order valence-electron chi connectivity index (χ1n) is 11.3. The number of urea groups is 1. The zero-order valence-electron chi connectivity index (χ0n) is 19.0. The van der Waals surface area contributed by atoms with Crippen molar-refractivity contribution in [2.45, 2.75) is 39.3 Å². The Bertz CT molecular complexity index is 1060. The molecule has 0 spiro atoms. The number of rotatable bonds is 8. The van der Waals surface area contributed by atoms with Crippen LogP contribution in [-0.2, 0) is 11.3 Å². The average molecular weight is 469 g/mol. The minimum atomic E-state index is -0.127. The summed E-state index contributed by atoms with van der Waals surface area (Å²) in [5.74, 6) is 1.21. The van der Waals surface area contributed by atoms with Crippen molar-refractivity contribution in [1.82, 2.24) is 20.0 Å². The molecule has 8 heteroatoms. The molecule has 0 bridgehead atoms. The maximum Gasteiger partial charge on any atom is 0.317 e. The predicted octanol–water partition coefficient (Wildman–Crippen LogP) is 5.34. The third-order valence-corrected chi connectivity index (χ3v) is 5.83. The standard InChI is InChI=1S/C25H29ClN4O3/c1-3-27-25(31)29(16-22-10-7-15-32-22)17-23-18(2)28-30(20-8-5-4-6-9-20)24(23)33-21-13-11-19(26)12-14-21/h4-6,8-9,11-14,22H,3,7,10,15-17H2,1-2H3,(H,27,31)/t22-/m0/s1. The van der Waals surface area contributed by atoms with E-state index >= 15 is 0 Å². The summed E-state index contributed by atoms with van der Waals surface area (Å²) >= 11 is 6.06. The highest BCUT2D eigenvalue weighted by molar-refractivity contribution is 6.30. The van der Waals surface area contributed by atoms with Crippen molar-refractivity contribution >= 4 is 17.6 Å². The van der Waals surface area contributed by atoms with Crippen molar-refractivity contribution < 1.29 is 14.3 Å². The van der Waals surface area contributed by atoms with E-state index in [4.69, 9.17) is 26.2 Å². The summed E-state index contributed by atoms with van der Waals surface area (Å²) < 4.78 is 13.9. The van der Waals surface area contributed by atoms with Crippen LogP contribution in [0.15, 0.2) is 54.6 Å². The Morgan fingerprint density at radius 3 is 2.67 bits per heavy atom. The second kappa shape index (κ2) is 10.7. The van der Waals surface area contributed by atoms with Gasteiger partial charge >= 0.3 is 6.03 Å². The molecule has 2 heterocycles. The number of halogens is 1. The summed E-state index contributed by atoms with van der Waals surface area (Å²) in [5.41, 5.74) is 2.52. The minimum Gasteiger partial charge on any atom is -0.439 e. The van der Waals surface area contributed by atoms with Crippen LogP contribution in [0.5, 0.6) is 11.6 Å². The molecule has 0 aliphatic carbocycles. The van der Waals surface area contributed by atoms with Gasteiger partial charge in [-0.2, -0.15) is 5.10 Å². The van der Waals surface area contributed by atoms with Gasteiger partial charge in [-0.25, -0.2) is 9.48 Å². The second-order valence-electron chi connectivity index (χ2n) is 8.02. The molecule has 1 aromatic heterocycles. The van der Waals surface area contributed by atoms with Crippen LogP contribution in [0.2, 0.25) is 5.02 Å². The number of nitrogens with zero attached hydrogens (tertiary/aromatic N) is 3. The maximum absolute atomic E-state index is 12.9. The fourth-order valence-electron chi connectivity index (χ4n) is 3.89. The number of amides is 2. The fourth-order valence-corrected chi connectivity index (χ4v) is 4.02. The summed E-state index contributed by atoms with van der Waals surface area (Å²) in [6, 6.07) is 16.9. The van der Waals surface area contributed by atoms with Gasteiger partial charge in [0.05, 0.1) is 29.6 Å². The van der Waals surface area contributed by atoms with Gasteiger partial charge in [-0.3, -0.25) is 0 Å². The van der Waals surface area contributed by atoms with Crippen LogP contribution in [0.3, 0.4) is 0 Å². The van der Waals surface area contributed by atoms with Gasteiger partial charge in [-0.15, -0.1) is 0 Å². The Hall–Kier alpha value is -3.03. The van der Waals surface area contributed by atoms with Gasteiger partial charge in [0, 0.05) is 24.7 Å². The number of benzene rings is 2. The molecule has 1 aliphatic heterocycles.